The van der Waals surface area contributed by atoms with Crippen molar-refractivity contribution in [2.45, 2.75) is 63.1 Å². The summed E-state index contributed by atoms with van der Waals surface area (Å²) in [6.07, 6.45) is 4.57. The number of aryl methyl sites for hydroxylation is 1. The largest absolute Gasteiger partial charge is 0.373 e. The molecule has 29 heavy (non-hydrogen) atoms. The van der Waals surface area contributed by atoms with E-state index < -0.39 is 16.1 Å². The zero-order valence-electron chi connectivity index (χ0n) is 16.2. The van der Waals surface area contributed by atoms with E-state index in [1.165, 1.54) is 6.07 Å². The molecule has 0 radical (unpaired) electrons. The van der Waals surface area contributed by atoms with Crippen LogP contribution in [0.25, 0.3) is 0 Å². The minimum atomic E-state index is -4.08. The average Bonchev–Trinajstić information content (AvgIpc) is 3.40. The zero-order valence-corrected chi connectivity index (χ0v) is 17.0. The van der Waals surface area contributed by atoms with Crippen LogP contribution in [0.15, 0.2) is 11.1 Å². The molecular weight excluding hydrogens is 394 g/mol. The first-order chi connectivity index (χ1) is 13.9. The molecule has 1 atom stereocenters. The van der Waals surface area contributed by atoms with Crippen molar-refractivity contribution in [3.05, 3.63) is 34.3 Å². The van der Waals surface area contributed by atoms with Gasteiger partial charge < -0.3 is 10.1 Å². The van der Waals surface area contributed by atoms with E-state index in [-0.39, 0.29) is 5.03 Å². The normalized spacial score (nSPS) is 20.1. The Bertz CT molecular complexity index is 1080. The van der Waals surface area contributed by atoms with Crippen LogP contribution < -0.4 is 10.0 Å². The summed E-state index contributed by atoms with van der Waals surface area (Å²) < 4.78 is 34.4. The highest BCUT2D eigenvalue weighted by Crippen LogP contribution is 2.41. The highest BCUT2D eigenvalue weighted by atomic mass is 32.2. The van der Waals surface area contributed by atoms with Gasteiger partial charge in [-0.1, -0.05) is 6.92 Å². The van der Waals surface area contributed by atoms with E-state index in [9.17, 15) is 13.2 Å². The van der Waals surface area contributed by atoms with Crippen molar-refractivity contribution in [1.29, 1.82) is 0 Å². The van der Waals surface area contributed by atoms with Crippen LogP contribution in [0.2, 0.25) is 0 Å². The number of hydrogen-bond donors (Lipinski definition) is 2. The van der Waals surface area contributed by atoms with Gasteiger partial charge in [0.25, 0.3) is 10.0 Å². The number of ether oxygens (including phenoxy) is 1. The Balaban J connectivity index is 1.40. The van der Waals surface area contributed by atoms with E-state index in [4.69, 9.17) is 9.72 Å². The van der Waals surface area contributed by atoms with Crippen LogP contribution in [0.3, 0.4) is 0 Å². The summed E-state index contributed by atoms with van der Waals surface area (Å²) in [5, 5.41) is 6.75. The second-order valence-corrected chi connectivity index (χ2v) is 9.51. The number of anilines is 1. The first-order valence-corrected chi connectivity index (χ1v) is 11.4. The highest BCUT2D eigenvalue weighted by Gasteiger charge is 2.31. The number of urea groups is 1. The van der Waals surface area contributed by atoms with Crippen molar-refractivity contribution in [2.75, 3.05) is 11.9 Å². The van der Waals surface area contributed by atoms with Gasteiger partial charge in [-0.25, -0.2) is 9.52 Å². The van der Waals surface area contributed by atoms with Crippen molar-refractivity contribution >= 4 is 21.7 Å². The molecule has 2 N–H and O–H groups in total. The van der Waals surface area contributed by atoms with Crippen LogP contribution >= 0.6 is 0 Å². The first kappa shape index (κ1) is 18.6. The maximum Gasteiger partial charge on any atom is 0.333 e. The molecule has 0 saturated heterocycles. The Hall–Kier alpha value is -2.46. The fraction of sp³-hybridized carbons (Fsp3) is 0.526. The van der Waals surface area contributed by atoms with Gasteiger partial charge in [-0.3, -0.25) is 9.67 Å². The SMILES string of the molecule is CC1CCc2c1nc1c(c2NC(=O)NS(=O)(=O)c2cc3n(n2)CCOC3)CCC1. The number of nitrogens with zero attached hydrogens (tertiary/aromatic N) is 3. The van der Waals surface area contributed by atoms with Gasteiger partial charge in [0.05, 0.1) is 31.1 Å². The number of sulfonamides is 1. The van der Waals surface area contributed by atoms with Gasteiger partial charge in [0.15, 0.2) is 5.03 Å². The second-order valence-electron chi connectivity index (χ2n) is 7.88. The van der Waals surface area contributed by atoms with E-state index in [2.05, 4.69) is 22.1 Å². The molecule has 2 amide bonds. The van der Waals surface area contributed by atoms with Crippen LogP contribution in [0.1, 0.15) is 53.9 Å². The summed E-state index contributed by atoms with van der Waals surface area (Å²) in [5.41, 5.74) is 5.57. The smallest absolute Gasteiger partial charge is 0.333 e. The lowest BCUT2D eigenvalue weighted by atomic mass is 10.0. The van der Waals surface area contributed by atoms with Crippen LogP contribution in [-0.2, 0) is 47.2 Å². The molecule has 3 heterocycles. The van der Waals surface area contributed by atoms with Gasteiger partial charge in [0, 0.05) is 17.5 Å². The number of amides is 2. The van der Waals surface area contributed by atoms with Gasteiger partial charge in [-0.05, 0) is 49.1 Å². The molecule has 9 nitrogen and oxygen atoms in total. The van der Waals surface area contributed by atoms with E-state index in [0.717, 1.165) is 60.3 Å². The summed E-state index contributed by atoms with van der Waals surface area (Å²) >= 11 is 0. The summed E-state index contributed by atoms with van der Waals surface area (Å²) in [6, 6.07) is 0.674. The molecule has 0 spiro atoms. The molecule has 5 rings (SSSR count). The Labute approximate surface area is 168 Å². The van der Waals surface area contributed by atoms with E-state index in [1.807, 2.05) is 0 Å². The molecule has 0 saturated carbocycles. The second kappa shape index (κ2) is 6.81. The molecule has 1 unspecified atom stereocenters. The molecule has 3 aliphatic rings. The van der Waals surface area contributed by atoms with Crippen LogP contribution in [0.4, 0.5) is 10.5 Å². The standard InChI is InChI=1S/C19H23N5O4S/c1-11-5-6-14-17(11)20-15-4-2-3-13(15)18(14)21-19(25)23-29(26,27)16-9-12-10-28-8-7-24(12)22-16/h9,11H,2-8,10H2,1H3,(H2,20,21,23,25). The van der Waals surface area contributed by atoms with E-state index >= 15 is 0 Å². The van der Waals surface area contributed by atoms with Crippen LogP contribution in [0, 0.1) is 0 Å². The summed E-state index contributed by atoms with van der Waals surface area (Å²) in [7, 11) is -4.08. The maximum atomic E-state index is 12.7. The Kier molecular flexibility index (Phi) is 4.36. The van der Waals surface area contributed by atoms with Crippen LogP contribution in [0.5, 0.6) is 0 Å². The van der Waals surface area contributed by atoms with Crippen molar-refractivity contribution in [3.8, 4) is 0 Å². The number of pyridine rings is 1. The topological polar surface area (TPSA) is 115 Å². The van der Waals surface area contributed by atoms with Crippen LogP contribution in [-0.4, -0.2) is 35.8 Å². The number of carbonyl (C=O) groups is 1. The van der Waals surface area contributed by atoms with Crippen molar-refractivity contribution in [1.82, 2.24) is 19.5 Å². The number of aromatic nitrogens is 3. The lowest BCUT2D eigenvalue weighted by Gasteiger charge is -2.16. The maximum absolute atomic E-state index is 12.7. The summed E-state index contributed by atoms with van der Waals surface area (Å²) in [5.74, 6) is 0.349. The minimum Gasteiger partial charge on any atom is -0.373 e. The number of carbonyl (C=O) groups excluding carboxylic acids is 1. The number of nitrogens with one attached hydrogen (secondary N) is 2. The van der Waals surface area contributed by atoms with Gasteiger partial charge in [0.2, 0.25) is 0 Å². The zero-order chi connectivity index (χ0) is 20.2. The van der Waals surface area contributed by atoms with Gasteiger partial charge in [-0.15, -0.1) is 0 Å². The van der Waals surface area contributed by atoms with Crippen molar-refractivity contribution in [3.63, 3.8) is 0 Å². The molecule has 154 valence electrons. The third-order valence-electron chi connectivity index (χ3n) is 5.93. The monoisotopic (exact) mass is 417 g/mol. The molecule has 2 aliphatic carbocycles. The summed E-state index contributed by atoms with van der Waals surface area (Å²) in [6.45, 7) is 3.42. The predicted octanol–water partition coefficient (Wildman–Crippen LogP) is 1.86. The van der Waals surface area contributed by atoms with Crippen molar-refractivity contribution in [2.24, 2.45) is 0 Å². The first-order valence-electron chi connectivity index (χ1n) is 9.95. The quantitative estimate of drug-likeness (QED) is 0.788. The fourth-order valence-corrected chi connectivity index (χ4v) is 5.36. The number of rotatable bonds is 3. The Morgan fingerprint density at radius 1 is 1.28 bits per heavy atom. The third kappa shape index (κ3) is 3.20. The number of hydrogen-bond acceptors (Lipinski definition) is 6. The number of fused-ring (bicyclic) bond motifs is 3. The van der Waals surface area contributed by atoms with Gasteiger partial charge in [-0.2, -0.15) is 13.5 Å². The Morgan fingerprint density at radius 2 is 2.14 bits per heavy atom. The van der Waals surface area contributed by atoms with Gasteiger partial charge >= 0.3 is 6.03 Å². The lowest BCUT2D eigenvalue weighted by molar-refractivity contribution is 0.0799. The summed E-state index contributed by atoms with van der Waals surface area (Å²) in [4.78, 5) is 17.5. The molecular formula is C19H23N5O4S. The molecule has 0 fully saturated rings. The molecule has 2 aromatic rings. The predicted molar refractivity (Wildman–Crippen MR) is 104 cm³/mol. The van der Waals surface area contributed by atoms with Gasteiger partial charge in [0.1, 0.15) is 0 Å². The molecule has 10 heteroatoms. The third-order valence-corrected chi connectivity index (χ3v) is 7.13. The molecule has 2 aromatic heterocycles. The minimum absolute atomic E-state index is 0.174. The Morgan fingerprint density at radius 3 is 2.97 bits per heavy atom. The molecule has 0 bridgehead atoms. The fourth-order valence-electron chi connectivity index (χ4n) is 4.46. The highest BCUT2D eigenvalue weighted by molar-refractivity contribution is 7.90. The average molecular weight is 417 g/mol. The molecule has 0 aromatic carbocycles. The van der Waals surface area contributed by atoms with E-state index in [1.54, 1.807) is 4.68 Å². The lowest BCUT2D eigenvalue weighted by Crippen LogP contribution is -2.35. The van der Waals surface area contributed by atoms with Crippen molar-refractivity contribution < 1.29 is 17.9 Å². The molecule has 1 aliphatic heterocycles. The van der Waals surface area contributed by atoms with E-state index in [0.29, 0.717) is 31.4 Å².